The summed E-state index contributed by atoms with van der Waals surface area (Å²) in [5.74, 6) is 0.00412. The van der Waals surface area contributed by atoms with E-state index in [1.165, 1.54) is 29.9 Å². The van der Waals surface area contributed by atoms with E-state index in [0.29, 0.717) is 29.9 Å². The molecule has 0 aliphatic carbocycles. The van der Waals surface area contributed by atoms with Gasteiger partial charge in [0.2, 0.25) is 5.91 Å². The van der Waals surface area contributed by atoms with Crippen molar-refractivity contribution in [2.45, 2.75) is 33.2 Å². The summed E-state index contributed by atoms with van der Waals surface area (Å²) in [6.45, 7) is 5.18. The maximum absolute atomic E-state index is 13.4. The summed E-state index contributed by atoms with van der Waals surface area (Å²) in [5.41, 5.74) is 0.938. The van der Waals surface area contributed by atoms with Gasteiger partial charge in [0.05, 0.1) is 34.8 Å². The second kappa shape index (κ2) is 10.6. The number of aromatic nitrogens is 2. The zero-order chi connectivity index (χ0) is 24.0. The predicted molar refractivity (Wildman–Crippen MR) is 127 cm³/mol. The Bertz CT molecular complexity index is 1220. The van der Waals surface area contributed by atoms with Crippen molar-refractivity contribution in [3.63, 3.8) is 0 Å². The Hall–Kier alpha value is -3.95. The lowest BCUT2D eigenvalue weighted by atomic mass is 10.2. The van der Waals surface area contributed by atoms with Crippen molar-refractivity contribution in [1.82, 2.24) is 9.55 Å². The minimum Gasteiger partial charge on any atom is -0.494 e. The van der Waals surface area contributed by atoms with Crippen LogP contribution in [-0.2, 0) is 11.3 Å². The van der Waals surface area contributed by atoms with Crippen LogP contribution in [0, 0.1) is 10.1 Å². The lowest BCUT2D eigenvalue weighted by Crippen LogP contribution is -2.36. The van der Waals surface area contributed by atoms with Gasteiger partial charge in [-0.15, -0.1) is 0 Å². The molecule has 10 nitrogen and oxygen atoms in total. The Morgan fingerprint density at radius 3 is 2.52 bits per heavy atom. The van der Waals surface area contributed by atoms with Crippen molar-refractivity contribution < 1.29 is 14.5 Å². The molecule has 1 N–H and O–H groups in total. The number of hydrogen-bond donors (Lipinski definition) is 1. The van der Waals surface area contributed by atoms with Gasteiger partial charge in [0.15, 0.2) is 5.82 Å². The molecule has 1 amide bonds. The summed E-state index contributed by atoms with van der Waals surface area (Å²) in [5, 5.41) is 13.7. The molecule has 3 rings (SSSR count). The predicted octanol–water partition coefficient (Wildman–Crippen LogP) is 3.58. The van der Waals surface area contributed by atoms with Gasteiger partial charge in [-0.25, -0.2) is 4.98 Å². The Kier molecular flexibility index (Phi) is 7.60. The molecule has 0 unspecified atom stereocenters. The highest BCUT2D eigenvalue weighted by Gasteiger charge is 2.19. The van der Waals surface area contributed by atoms with Crippen LogP contribution in [0.5, 0.6) is 5.75 Å². The molecule has 10 heteroatoms. The van der Waals surface area contributed by atoms with Crippen LogP contribution in [0.25, 0.3) is 11.0 Å². The standard InChI is InChI=1S/C23H27N5O5/c1-4-12-26(13-5-2)22-23(30)27(19-9-7-6-8-17(19)25-22)15-21(29)24-18-11-10-16(28(31)32)14-20(18)33-3/h6-11,14H,4-5,12-13,15H2,1-3H3,(H,24,29). The second-order valence-corrected chi connectivity index (χ2v) is 7.49. The van der Waals surface area contributed by atoms with Crippen LogP contribution in [0.4, 0.5) is 17.2 Å². The molecule has 1 aromatic heterocycles. The number of rotatable bonds is 10. The summed E-state index contributed by atoms with van der Waals surface area (Å²) in [7, 11) is 1.36. The highest BCUT2D eigenvalue weighted by atomic mass is 16.6. The first-order valence-electron chi connectivity index (χ1n) is 10.8. The van der Waals surface area contributed by atoms with E-state index in [4.69, 9.17) is 4.74 Å². The number of para-hydroxylation sites is 2. The van der Waals surface area contributed by atoms with E-state index in [0.717, 1.165) is 12.8 Å². The van der Waals surface area contributed by atoms with Crippen LogP contribution in [-0.4, -0.2) is 40.6 Å². The first-order valence-corrected chi connectivity index (χ1v) is 10.8. The number of fused-ring (bicyclic) bond motifs is 1. The van der Waals surface area contributed by atoms with Crippen molar-refractivity contribution >= 4 is 34.1 Å². The number of amides is 1. The number of ether oxygens (including phenoxy) is 1. The van der Waals surface area contributed by atoms with Crippen molar-refractivity contribution in [3.05, 3.63) is 62.9 Å². The molecule has 0 aliphatic rings. The zero-order valence-electron chi connectivity index (χ0n) is 18.9. The number of nitrogens with zero attached hydrogens (tertiary/aromatic N) is 4. The fourth-order valence-electron chi connectivity index (χ4n) is 3.64. The maximum atomic E-state index is 13.4. The summed E-state index contributed by atoms with van der Waals surface area (Å²) >= 11 is 0. The molecule has 0 saturated carbocycles. The molecule has 0 atom stereocenters. The van der Waals surface area contributed by atoms with Gasteiger partial charge in [0.25, 0.3) is 11.2 Å². The zero-order valence-corrected chi connectivity index (χ0v) is 18.9. The molecule has 0 fully saturated rings. The summed E-state index contributed by atoms with van der Waals surface area (Å²) in [6, 6.07) is 11.1. The smallest absolute Gasteiger partial charge is 0.294 e. The summed E-state index contributed by atoms with van der Waals surface area (Å²) in [6.07, 6.45) is 1.71. The third-order valence-electron chi connectivity index (χ3n) is 5.09. The first kappa shape index (κ1) is 23.7. The molecule has 33 heavy (non-hydrogen) atoms. The van der Waals surface area contributed by atoms with Gasteiger partial charge in [-0.05, 0) is 31.0 Å². The van der Waals surface area contributed by atoms with Gasteiger partial charge in [-0.1, -0.05) is 26.0 Å². The first-order chi connectivity index (χ1) is 15.9. The number of nitro groups is 1. The molecule has 0 bridgehead atoms. The van der Waals surface area contributed by atoms with E-state index in [-0.39, 0.29) is 29.2 Å². The number of carbonyl (C=O) groups excluding carboxylic acids is 1. The van der Waals surface area contributed by atoms with Crippen LogP contribution >= 0.6 is 0 Å². The Labute approximate surface area is 191 Å². The van der Waals surface area contributed by atoms with Gasteiger partial charge in [0, 0.05) is 19.2 Å². The molecule has 3 aromatic rings. The number of carbonyl (C=O) groups is 1. The van der Waals surface area contributed by atoms with Gasteiger partial charge >= 0.3 is 0 Å². The highest BCUT2D eigenvalue weighted by Crippen LogP contribution is 2.29. The van der Waals surface area contributed by atoms with E-state index in [1.807, 2.05) is 30.9 Å². The van der Waals surface area contributed by atoms with E-state index < -0.39 is 10.8 Å². The van der Waals surface area contributed by atoms with Gasteiger partial charge in [-0.2, -0.15) is 0 Å². The lowest BCUT2D eigenvalue weighted by Gasteiger charge is -2.23. The Morgan fingerprint density at radius 1 is 1.18 bits per heavy atom. The van der Waals surface area contributed by atoms with Gasteiger partial charge < -0.3 is 15.0 Å². The average molecular weight is 453 g/mol. The average Bonchev–Trinajstić information content (AvgIpc) is 2.80. The van der Waals surface area contributed by atoms with Gasteiger partial charge in [0.1, 0.15) is 12.3 Å². The van der Waals surface area contributed by atoms with Crippen molar-refractivity contribution in [1.29, 1.82) is 0 Å². The fourth-order valence-corrected chi connectivity index (χ4v) is 3.64. The number of nitro benzene ring substituents is 1. The molecule has 2 aromatic carbocycles. The van der Waals surface area contributed by atoms with Crippen LogP contribution < -0.4 is 20.5 Å². The molecule has 1 heterocycles. The number of anilines is 2. The van der Waals surface area contributed by atoms with Crippen molar-refractivity contribution in [2.75, 3.05) is 30.4 Å². The van der Waals surface area contributed by atoms with Crippen molar-refractivity contribution in [3.8, 4) is 5.75 Å². The normalized spacial score (nSPS) is 10.8. The Balaban J connectivity index is 1.98. The molecular formula is C23H27N5O5. The molecule has 174 valence electrons. The number of nitrogens with one attached hydrogen (secondary N) is 1. The quantitative estimate of drug-likeness (QED) is 0.368. The van der Waals surface area contributed by atoms with Crippen LogP contribution in [0.15, 0.2) is 47.3 Å². The Morgan fingerprint density at radius 2 is 1.88 bits per heavy atom. The summed E-state index contributed by atoms with van der Waals surface area (Å²) in [4.78, 5) is 43.3. The molecular weight excluding hydrogens is 426 g/mol. The van der Waals surface area contributed by atoms with Gasteiger partial charge in [-0.3, -0.25) is 24.3 Å². The van der Waals surface area contributed by atoms with E-state index in [9.17, 15) is 19.7 Å². The molecule has 0 radical (unpaired) electrons. The van der Waals surface area contributed by atoms with E-state index >= 15 is 0 Å². The fraction of sp³-hybridized carbons (Fsp3) is 0.348. The SMILES string of the molecule is CCCN(CCC)c1nc2ccccc2n(CC(=O)Nc2ccc([N+](=O)[O-])cc2OC)c1=O. The van der Waals surface area contributed by atoms with E-state index in [1.54, 1.807) is 12.1 Å². The highest BCUT2D eigenvalue weighted by molar-refractivity contribution is 5.93. The maximum Gasteiger partial charge on any atom is 0.294 e. The third kappa shape index (κ3) is 5.28. The number of benzene rings is 2. The minimum absolute atomic E-state index is 0.155. The van der Waals surface area contributed by atoms with Crippen LogP contribution in [0.3, 0.4) is 0 Å². The largest absolute Gasteiger partial charge is 0.494 e. The monoisotopic (exact) mass is 453 g/mol. The van der Waals surface area contributed by atoms with Crippen LogP contribution in [0.2, 0.25) is 0 Å². The summed E-state index contributed by atoms with van der Waals surface area (Å²) < 4.78 is 6.59. The third-order valence-corrected chi connectivity index (χ3v) is 5.09. The molecule has 0 saturated heterocycles. The van der Waals surface area contributed by atoms with Crippen molar-refractivity contribution in [2.24, 2.45) is 0 Å². The number of methoxy groups -OCH3 is 1. The molecule has 0 spiro atoms. The van der Waals surface area contributed by atoms with Crippen LogP contribution in [0.1, 0.15) is 26.7 Å². The second-order valence-electron chi connectivity index (χ2n) is 7.49. The minimum atomic E-state index is -0.545. The topological polar surface area (TPSA) is 120 Å². The van der Waals surface area contributed by atoms with E-state index in [2.05, 4.69) is 10.3 Å². The number of hydrogen-bond acceptors (Lipinski definition) is 7. The lowest BCUT2D eigenvalue weighted by molar-refractivity contribution is -0.384. The molecule has 0 aliphatic heterocycles. The number of non-ortho nitro benzene ring substituents is 1.